The molecule has 0 radical (unpaired) electrons. The third kappa shape index (κ3) is 3.41. The Morgan fingerprint density at radius 1 is 1.36 bits per heavy atom. The average Bonchev–Trinajstić information content (AvgIpc) is 2.26. The van der Waals surface area contributed by atoms with Gasteiger partial charge in [-0.1, -0.05) is 39.0 Å². The summed E-state index contributed by atoms with van der Waals surface area (Å²) in [6.45, 7) is 1.95. The van der Waals surface area contributed by atoms with Crippen molar-refractivity contribution in [2.75, 3.05) is 7.05 Å². The highest BCUT2D eigenvalue weighted by Crippen LogP contribution is 2.27. The van der Waals surface area contributed by atoms with Crippen LogP contribution in [0, 0.1) is 5.92 Å². The number of carbonyl (C=O) groups excluding carboxylic acids is 1. The number of hydrogen-bond donors (Lipinski definition) is 1. The van der Waals surface area contributed by atoms with E-state index in [0.717, 1.165) is 12.3 Å². The molecule has 1 unspecified atom stereocenters. The van der Waals surface area contributed by atoms with Gasteiger partial charge in [-0.2, -0.15) is 0 Å². The largest absolute Gasteiger partial charge is 0.311 e. The van der Waals surface area contributed by atoms with Crippen LogP contribution in [0.5, 0.6) is 0 Å². The second kappa shape index (κ2) is 6.18. The summed E-state index contributed by atoms with van der Waals surface area (Å²) in [7, 11) is 1.90. The summed E-state index contributed by atoms with van der Waals surface area (Å²) >= 11 is 0. The van der Waals surface area contributed by atoms with E-state index in [4.69, 9.17) is 0 Å². The van der Waals surface area contributed by atoms with E-state index in [1.165, 1.54) is 32.1 Å². The van der Waals surface area contributed by atoms with Crippen LogP contribution in [-0.4, -0.2) is 18.9 Å². The first kappa shape index (κ1) is 11.7. The molecule has 1 saturated carbocycles. The van der Waals surface area contributed by atoms with E-state index in [9.17, 15) is 4.79 Å². The number of hydrogen-bond acceptors (Lipinski definition) is 2. The maximum Gasteiger partial charge on any atom is 0.149 e. The highest BCUT2D eigenvalue weighted by molar-refractivity contribution is 5.83. The van der Waals surface area contributed by atoms with Crippen molar-refractivity contribution in [1.29, 1.82) is 0 Å². The van der Waals surface area contributed by atoms with E-state index in [1.54, 1.807) is 0 Å². The first-order chi connectivity index (χ1) is 6.77. The Labute approximate surface area is 87.5 Å². The lowest BCUT2D eigenvalue weighted by Crippen LogP contribution is -2.35. The summed E-state index contributed by atoms with van der Waals surface area (Å²) in [5.74, 6) is 1.16. The molecule has 0 aromatic heterocycles. The van der Waals surface area contributed by atoms with Gasteiger partial charge in [0.25, 0.3) is 0 Å². The van der Waals surface area contributed by atoms with Crippen molar-refractivity contribution in [1.82, 2.24) is 5.32 Å². The lowest BCUT2D eigenvalue weighted by atomic mass is 9.84. The van der Waals surface area contributed by atoms with Crippen LogP contribution in [-0.2, 0) is 4.79 Å². The fraction of sp³-hybridized carbons (Fsp3) is 0.917. The molecular weight excluding hydrogens is 174 g/mol. The summed E-state index contributed by atoms with van der Waals surface area (Å²) in [5.41, 5.74) is 0. The summed E-state index contributed by atoms with van der Waals surface area (Å²) in [4.78, 5) is 11.6. The van der Waals surface area contributed by atoms with Crippen LogP contribution >= 0.6 is 0 Å². The van der Waals surface area contributed by atoms with Gasteiger partial charge in [0.2, 0.25) is 0 Å². The zero-order chi connectivity index (χ0) is 10.4. The van der Waals surface area contributed by atoms with Crippen LogP contribution in [0.2, 0.25) is 0 Å². The molecule has 1 aliphatic rings. The lowest BCUT2D eigenvalue weighted by Gasteiger charge is -2.25. The predicted molar refractivity (Wildman–Crippen MR) is 59.3 cm³/mol. The zero-order valence-corrected chi connectivity index (χ0v) is 9.51. The standard InChI is InChI=1S/C12H23NO/c1-3-12(14)11(13-2)9-10-7-5-4-6-8-10/h10-11,13H,3-9H2,1-2H3. The van der Waals surface area contributed by atoms with Gasteiger partial charge in [-0.25, -0.2) is 0 Å². The summed E-state index contributed by atoms with van der Waals surface area (Å²) in [6, 6.07) is 0.114. The van der Waals surface area contributed by atoms with Crippen molar-refractivity contribution >= 4 is 5.78 Å². The lowest BCUT2D eigenvalue weighted by molar-refractivity contribution is -0.121. The molecule has 1 fully saturated rings. The molecular formula is C12H23NO. The van der Waals surface area contributed by atoms with Gasteiger partial charge in [-0.15, -0.1) is 0 Å². The zero-order valence-electron chi connectivity index (χ0n) is 9.51. The molecule has 0 bridgehead atoms. The molecule has 2 nitrogen and oxygen atoms in total. The number of nitrogens with one attached hydrogen (secondary N) is 1. The van der Waals surface area contributed by atoms with Crippen molar-refractivity contribution < 1.29 is 4.79 Å². The topological polar surface area (TPSA) is 29.1 Å². The fourth-order valence-electron chi connectivity index (χ4n) is 2.41. The van der Waals surface area contributed by atoms with E-state index in [2.05, 4.69) is 5.32 Å². The quantitative estimate of drug-likeness (QED) is 0.733. The second-order valence-electron chi connectivity index (χ2n) is 4.40. The van der Waals surface area contributed by atoms with Crippen LogP contribution in [0.3, 0.4) is 0 Å². The summed E-state index contributed by atoms with van der Waals surface area (Å²) < 4.78 is 0. The molecule has 1 rings (SSSR count). The summed E-state index contributed by atoms with van der Waals surface area (Å²) in [5, 5.41) is 3.15. The molecule has 0 spiro atoms. The minimum absolute atomic E-state index is 0.114. The van der Waals surface area contributed by atoms with E-state index in [0.29, 0.717) is 12.2 Å². The van der Waals surface area contributed by atoms with Crippen LogP contribution in [0.4, 0.5) is 0 Å². The maximum atomic E-state index is 11.6. The monoisotopic (exact) mass is 197 g/mol. The Balaban J connectivity index is 2.34. The third-order valence-corrected chi connectivity index (χ3v) is 3.38. The smallest absolute Gasteiger partial charge is 0.149 e. The van der Waals surface area contributed by atoms with E-state index < -0.39 is 0 Å². The van der Waals surface area contributed by atoms with Crippen molar-refractivity contribution in [2.24, 2.45) is 5.92 Å². The number of Topliss-reactive ketones (excluding diaryl/α,β-unsaturated/α-hetero) is 1. The van der Waals surface area contributed by atoms with Crippen molar-refractivity contribution in [3.63, 3.8) is 0 Å². The van der Waals surface area contributed by atoms with Gasteiger partial charge in [0.15, 0.2) is 0 Å². The Bertz CT molecular complexity index is 173. The fourth-order valence-corrected chi connectivity index (χ4v) is 2.41. The molecule has 2 heteroatoms. The minimum atomic E-state index is 0.114. The minimum Gasteiger partial charge on any atom is -0.311 e. The summed E-state index contributed by atoms with van der Waals surface area (Å²) in [6.07, 6.45) is 8.50. The van der Waals surface area contributed by atoms with Gasteiger partial charge >= 0.3 is 0 Å². The first-order valence-corrected chi connectivity index (χ1v) is 5.98. The molecule has 1 atom stereocenters. The number of rotatable bonds is 5. The van der Waals surface area contributed by atoms with Crippen molar-refractivity contribution in [2.45, 2.75) is 57.9 Å². The molecule has 0 aliphatic heterocycles. The second-order valence-corrected chi connectivity index (χ2v) is 4.40. The van der Waals surface area contributed by atoms with Gasteiger partial charge in [0, 0.05) is 6.42 Å². The number of ketones is 1. The van der Waals surface area contributed by atoms with Gasteiger partial charge in [0.05, 0.1) is 6.04 Å². The number of likely N-dealkylation sites (N-methyl/N-ethyl adjacent to an activating group) is 1. The van der Waals surface area contributed by atoms with Gasteiger partial charge in [-0.05, 0) is 19.4 Å². The van der Waals surface area contributed by atoms with E-state index >= 15 is 0 Å². The maximum absolute atomic E-state index is 11.6. The van der Waals surface area contributed by atoms with Gasteiger partial charge < -0.3 is 5.32 Å². The van der Waals surface area contributed by atoms with E-state index in [1.807, 2.05) is 14.0 Å². The van der Waals surface area contributed by atoms with Gasteiger partial charge in [0.1, 0.15) is 5.78 Å². The Hall–Kier alpha value is -0.370. The highest BCUT2D eigenvalue weighted by atomic mass is 16.1. The SMILES string of the molecule is CCC(=O)C(CC1CCCCC1)NC. The molecule has 0 amide bonds. The van der Waals surface area contributed by atoms with Crippen LogP contribution in [0.25, 0.3) is 0 Å². The van der Waals surface area contributed by atoms with E-state index in [-0.39, 0.29) is 6.04 Å². The van der Waals surface area contributed by atoms with Crippen LogP contribution in [0.1, 0.15) is 51.9 Å². The van der Waals surface area contributed by atoms with Crippen molar-refractivity contribution in [3.05, 3.63) is 0 Å². The molecule has 0 heterocycles. The number of carbonyl (C=O) groups is 1. The van der Waals surface area contributed by atoms with Gasteiger partial charge in [-0.3, -0.25) is 4.79 Å². The molecule has 82 valence electrons. The average molecular weight is 197 g/mol. The Kier molecular flexibility index (Phi) is 5.16. The normalized spacial score (nSPS) is 20.7. The Morgan fingerprint density at radius 3 is 2.50 bits per heavy atom. The van der Waals surface area contributed by atoms with Crippen LogP contribution < -0.4 is 5.32 Å². The Morgan fingerprint density at radius 2 is 2.00 bits per heavy atom. The van der Waals surface area contributed by atoms with Crippen LogP contribution in [0.15, 0.2) is 0 Å². The molecule has 1 aliphatic carbocycles. The highest BCUT2D eigenvalue weighted by Gasteiger charge is 2.21. The molecule has 0 saturated heterocycles. The molecule has 0 aromatic carbocycles. The molecule has 14 heavy (non-hydrogen) atoms. The molecule has 1 N–H and O–H groups in total. The predicted octanol–water partition coefficient (Wildman–Crippen LogP) is 2.52. The molecule has 0 aromatic rings. The first-order valence-electron chi connectivity index (χ1n) is 5.98. The van der Waals surface area contributed by atoms with Crippen molar-refractivity contribution in [3.8, 4) is 0 Å². The third-order valence-electron chi connectivity index (χ3n) is 3.38.